The monoisotopic (exact) mass is 456 g/mol. The van der Waals surface area contributed by atoms with Crippen LogP contribution in [0.5, 0.6) is 0 Å². The van der Waals surface area contributed by atoms with Crippen molar-refractivity contribution < 1.29 is 4.79 Å². The largest absolute Gasteiger partial charge is 0.330 e. The summed E-state index contributed by atoms with van der Waals surface area (Å²) in [4.78, 5) is 9.57. The molecule has 0 radical (unpaired) electrons. The molecule has 2 aromatic rings. The van der Waals surface area contributed by atoms with E-state index in [1.807, 2.05) is 0 Å². The van der Waals surface area contributed by atoms with E-state index in [-0.39, 0.29) is 7.43 Å². The van der Waals surface area contributed by atoms with Crippen LogP contribution in [0.15, 0.2) is 60.2 Å². The molecule has 0 spiro atoms. The van der Waals surface area contributed by atoms with E-state index < -0.39 is 0 Å². The molecule has 5 aliphatic rings. The third-order valence-corrected chi connectivity index (χ3v) is 7.48. The lowest BCUT2D eigenvalue weighted by Gasteiger charge is -2.26. The van der Waals surface area contributed by atoms with Crippen molar-refractivity contribution in [1.29, 1.82) is 0 Å². The maximum absolute atomic E-state index is 9.57. The first-order valence-electron chi connectivity index (χ1n) is 12.7. The number of hydrogen-bond donors (Lipinski definition) is 2. The summed E-state index contributed by atoms with van der Waals surface area (Å²) in [6, 6.07) is 18.2. The van der Waals surface area contributed by atoms with Gasteiger partial charge in [-0.3, -0.25) is 0 Å². The molecular weight excluding hydrogens is 416 g/mol. The number of carbonyl (C=O) groups excluding carboxylic acids is 1. The summed E-state index contributed by atoms with van der Waals surface area (Å²) in [7, 11) is 0. The van der Waals surface area contributed by atoms with Crippen molar-refractivity contribution in [3.05, 3.63) is 82.4 Å². The summed E-state index contributed by atoms with van der Waals surface area (Å²) in [6.07, 6.45) is 13.0. The minimum Gasteiger partial charge on any atom is -0.330 e. The summed E-state index contributed by atoms with van der Waals surface area (Å²) >= 11 is 0. The van der Waals surface area contributed by atoms with Crippen molar-refractivity contribution in [3.63, 3.8) is 0 Å². The molecule has 1 atom stereocenters. The molecule has 2 fully saturated rings. The zero-order valence-corrected chi connectivity index (χ0v) is 19.6. The first-order chi connectivity index (χ1) is 16.3. The van der Waals surface area contributed by atoms with Crippen LogP contribution in [0.25, 0.3) is 11.1 Å². The van der Waals surface area contributed by atoms with Crippen molar-refractivity contribution in [2.75, 3.05) is 13.1 Å². The molecule has 1 unspecified atom stereocenters. The van der Waals surface area contributed by atoms with E-state index in [0.29, 0.717) is 12.0 Å². The molecule has 7 rings (SSSR count). The molecule has 3 heteroatoms. The van der Waals surface area contributed by atoms with E-state index in [2.05, 4.69) is 59.9 Å². The third-order valence-electron chi connectivity index (χ3n) is 7.48. The van der Waals surface area contributed by atoms with Crippen molar-refractivity contribution >= 4 is 17.4 Å². The van der Waals surface area contributed by atoms with Crippen molar-refractivity contribution in [2.45, 2.75) is 64.8 Å². The zero-order chi connectivity index (χ0) is 22.6. The number of carbonyl (C=O) groups is 1. The van der Waals surface area contributed by atoms with Crippen LogP contribution in [0.1, 0.15) is 68.2 Å². The number of fused-ring (bicyclic) bond motifs is 3. The molecule has 34 heavy (non-hydrogen) atoms. The number of allylic oxidation sites excluding steroid dienone is 1. The molecular formula is C31H40N2O. The van der Waals surface area contributed by atoms with Gasteiger partial charge in [0.25, 0.3) is 0 Å². The number of hydrogen-bond acceptors (Lipinski definition) is 3. The topological polar surface area (TPSA) is 55.1 Å². The number of nitrogens with one attached hydrogen (secondary N) is 1. The fraction of sp³-hybridized carbons (Fsp3) is 0.452. The lowest BCUT2D eigenvalue weighted by atomic mass is 9.92. The van der Waals surface area contributed by atoms with Gasteiger partial charge in [0.1, 0.15) is 6.29 Å². The molecule has 0 aromatic heterocycles. The second kappa shape index (κ2) is 11.3. The van der Waals surface area contributed by atoms with Gasteiger partial charge >= 0.3 is 0 Å². The minimum absolute atomic E-state index is 0. The average molecular weight is 457 g/mol. The predicted octanol–water partition coefficient (Wildman–Crippen LogP) is 5.97. The Kier molecular flexibility index (Phi) is 8.18. The molecule has 3 N–H and O–H groups in total. The van der Waals surface area contributed by atoms with Crippen molar-refractivity contribution in [1.82, 2.24) is 5.32 Å². The molecule has 2 aromatic carbocycles. The van der Waals surface area contributed by atoms with Gasteiger partial charge in [0.15, 0.2) is 0 Å². The molecule has 0 amide bonds. The lowest BCUT2D eigenvalue weighted by Crippen LogP contribution is -2.37. The predicted molar refractivity (Wildman–Crippen MR) is 144 cm³/mol. The van der Waals surface area contributed by atoms with Gasteiger partial charge in [-0.2, -0.15) is 0 Å². The molecule has 3 nitrogen and oxygen atoms in total. The molecule has 1 aliphatic heterocycles. The Morgan fingerprint density at radius 1 is 0.941 bits per heavy atom. The summed E-state index contributed by atoms with van der Waals surface area (Å²) in [5, 5.41) is 3.73. The van der Waals surface area contributed by atoms with E-state index in [1.165, 1.54) is 48.9 Å². The molecule has 2 saturated carbocycles. The maximum Gasteiger partial charge on any atom is 0.123 e. The fourth-order valence-electron chi connectivity index (χ4n) is 5.38. The highest BCUT2D eigenvalue weighted by molar-refractivity contribution is 5.78. The van der Waals surface area contributed by atoms with Crippen LogP contribution in [0, 0.1) is 11.8 Å². The van der Waals surface area contributed by atoms with E-state index in [4.69, 9.17) is 5.73 Å². The Morgan fingerprint density at radius 3 is 2.29 bits per heavy atom. The summed E-state index contributed by atoms with van der Waals surface area (Å²) in [5.41, 5.74) is 16.3. The molecule has 0 bridgehead atoms. The fourth-order valence-corrected chi connectivity index (χ4v) is 5.38. The standard InChI is InChI=1S/C15H17N.C11H13N.C4H6O.CH4/c1-2-4-12-11(3-1)9-14-13(12)7-8-16-15(14)10-5-6-10;12-8-7-10-6-5-9-3-1-2-4-11(9)10;5-3-4-1-2-4;/h1-4,10,15-16H,5-9H2;1-4,6H,5,7-8,12H2;3-4H,1-2H2;1H4. The van der Waals surface area contributed by atoms with E-state index >= 15 is 0 Å². The van der Waals surface area contributed by atoms with Crippen molar-refractivity contribution in [3.8, 4) is 0 Å². The Morgan fingerprint density at radius 2 is 1.65 bits per heavy atom. The number of benzene rings is 2. The number of aldehydes is 1. The van der Waals surface area contributed by atoms with Crippen LogP contribution >= 0.6 is 0 Å². The van der Waals surface area contributed by atoms with Crippen LogP contribution < -0.4 is 11.1 Å². The maximum atomic E-state index is 9.57. The average Bonchev–Trinajstić information content (AvgIpc) is 3.79. The Balaban J connectivity index is 0.000000135. The van der Waals surface area contributed by atoms with Gasteiger partial charge in [0, 0.05) is 12.0 Å². The molecule has 4 aliphatic carbocycles. The summed E-state index contributed by atoms with van der Waals surface area (Å²) in [5.74, 6) is 1.40. The SMILES string of the molecule is C.NCCC1=CCc2ccccc21.O=CC1CC1.c1ccc2c(c1)CC1=C2CCNC1C1CC1. The lowest BCUT2D eigenvalue weighted by molar-refractivity contribution is -0.108. The van der Waals surface area contributed by atoms with Gasteiger partial charge in [-0.25, -0.2) is 0 Å². The van der Waals surface area contributed by atoms with Crippen LogP contribution in [0.2, 0.25) is 0 Å². The van der Waals surface area contributed by atoms with E-state index in [1.54, 1.807) is 22.3 Å². The second-order valence-electron chi connectivity index (χ2n) is 9.96. The zero-order valence-electron chi connectivity index (χ0n) is 19.6. The number of rotatable bonds is 4. The van der Waals surface area contributed by atoms with Crippen LogP contribution in [0.4, 0.5) is 0 Å². The van der Waals surface area contributed by atoms with Crippen molar-refractivity contribution in [2.24, 2.45) is 17.6 Å². The van der Waals surface area contributed by atoms with Gasteiger partial charge in [-0.1, -0.05) is 62.0 Å². The Labute approximate surface area is 205 Å². The van der Waals surface area contributed by atoms with Crippen LogP contribution in [-0.4, -0.2) is 25.4 Å². The van der Waals surface area contributed by atoms with Gasteiger partial charge in [-0.05, 0) is 109 Å². The first-order valence-corrected chi connectivity index (χ1v) is 12.7. The normalized spacial score (nSPS) is 21.4. The minimum atomic E-state index is 0. The summed E-state index contributed by atoms with van der Waals surface area (Å²) < 4.78 is 0. The Hall–Kier alpha value is -2.49. The molecule has 1 heterocycles. The highest BCUT2D eigenvalue weighted by Gasteiger charge is 2.38. The molecule has 0 saturated heterocycles. The first kappa shape index (κ1) is 24.6. The third kappa shape index (κ3) is 5.59. The molecule has 180 valence electrons. The summed E-state index contributed by atoms with van der Waals surface area (Å²) in [6.45, 7) is 1.93. The van der Waals surface area contributed by atoms with Gasteiger partial charge < -0.3 is 15.8 Å². The van der Waals surface area contributed by atoms with Crippen LogP contribution in [-0.2, 0) is 17.6 Å². The van der Waals surface area contributed by atoms with Gasteiger partial charge in [0.05, 0.1) is 0 Å². The quantitative estimate of drug-likeness (QED) is 0.557. The smallest absolute Gasteiger partial charge is 0.123 e. The second-order valence-corrected chi connectivity index (χ2v) is 9.96. The highest BCUT2D eigenvalue weighted by Crippen LogP contribution is 2.45. The number of nitrogens with two attached hydrogens (primary N) is 1. The highest BCUT2D eigenvalue weighted by atomic mass is 16.1. The van der Waals surface area contributed by atoms with E-state index in [0.717, 1.165) is 44.4 Å². The Bertz CT molecular complexity index is 1060. The van der Waals surface area contributed by atoms with Gasteiger partial charge in [0.2, 0.25) is 0 Å². The van der Waals surface area contributed by atoms with Crippen LogP contribution in [0.3, 0.4) is 0 Å². The van der Waals surface area contributed by atoms with E-state index in [9.17, 15) is 4.79 Å². The van der Waals surface area contributed by atoms with Gasteiger partial charge in [-0.15, -0.1) is 0 Å².